The Morgan fingerprint density at radius 3 is 1.31 bits per heavy atom. The zero-order valence-electron chi connectivity index (χ0n) is 44.7. The van der Waals surface area contributed by atoms with Gasteiger partial charge in [0, 0.05) is 6.42 Å². The van der Waals surface area contributed by atoms with Gasteiger partial charge in [0.05, 0.1) is 25.2 Å². The van der Waals surface area contributed by atoms with Crippen LogP contribution >= 0.6 is 0 Å². The number of hydrogen-bond donors (Lipinski definition) is 3. The molecule has 0 radical (unpaired) electrons. The zero-order valence-corrected chi connectivity index (χ0v) is 44.7. The number of hydrogen-bond acceptors (Lipinski definition) is 5. The molecule has 0 aromatic carbocycles. The van der Waals surface area contributed by atoms with Crippen LogP contribution in [-0.2, 0) is 14.3 Å². The van der Waals surface area contributed by atoms with Gasteiger partial charge in [-0.25, -0.2) is 0 Å². The molecule has 0 rings (SSSR count). The highest BCUT2D eigenvalue weighted by Gasteiger charge is 2.24. The van der Waals surface area contributed by atoms with Crippen molar-refractivity contribution in [3.63, 3.8) is 0 Å². The Morgan fingerprint density at radius 2 is 0.809 bits per heavy atom. The fraction of sp³-hybridized carbons (Fsp3) is 0.742. The molecule has 0 heterocycles. The van der Waals surface area contributed by atoms with Crippen LogP contribution in [0.3, 0.4) is 0 Å². The summed E-state index contributed by atoms with van der Waals surface area (Å²) in [6.07, 6.45) is 72.1. The minimum absolute atomic E-state index is 0.0429. The second kappa shape index (κ2) is 55.0. The summed E-state index contributed by atoms with van der Waals surface area (Å²) in [5, 5.41) is 23.9. The molecule has 68 heavy (non-hydrogen) atoms. The molecule has 0 fully saturated rings. The van der Waals surface area contributed by atoms with Crippen molar-refractivity contribution >= 4 is 11.9 Å². The molecule has 0 aliphatic rings. The molecule has 392 valence electrons. The van der Waals surface area contributed by atoms with Crippen LogP contribution in [0.4, 0.5) is 0 Å². The molecule has 6 nitrogen and oxygen atoms in total. The van der Waals surface area contributed by atoms with Crippen molar-refractivity contribution in [1.82, 2.24) is 5.32 Å². The maximum absolute atomic E-state index is 13.3. The molecular weight excluding hydrogens is 839 g/mol. The van der Waals surface area contributed by atoms with Gasteiger partial charge in [-0.3, -0.25) is 9.59 Å². The minimum atomic E-state index is -0.806. The average Bonchev–Trinajstić information content (AvgIpc) is 3.33. The van der Waals surface area contributed by atoms with Crippen LogP contribution in [0, 0.1) is 0 Å². The minimum Gasteiger partial charge on any atom is -0.462 e. The molecule has 0 aromatic rings. The van der Waals surface area contributed by atoms with Crippen LogP contribution in [0.15, 0.2) is 85.1 Å². The van der Waals surface area contributed by atoms with E-state index < -0.39 is 18.2 Å². The second-order valence-corrected chi connectivity index (χ2v) is 19.4. The molecule has 0 aliphatic carbocycles. The van der Waals surface area contributed by atoms with Gasteiger partial charge < -0.3 is 20.3 Å². The van der Waals surface area contributed by atoms with E-state index in [-0.39, 0.29) is 24.9 Å². The van der Waals surface area contributed by atoms with E-state index in [1.54, 1.807) is 0 Å². The first-order valence-corrected chi connectivity index (χ1v) is 28.9. The molecule has 0 aromatic heterocycles. The Kier molecular flexibility index (Phi) is 52.6. The molecule has 1 amide bonds. The number of esters is 1. The number of carbonyl (C=O) groups is 2. The van der Waals surface area contributed by atoms with Crippen molar-refractivity contribution in [2.45, 2.75) is 289 Å². The SMILES string of the molecule is CCCCC/C=C\C/C=C\C/C=C\CCCCCCCCC(=O)OC(CCCCC/C=C/C=C/C=C/C=C/CCCCC)CC(=O)NC(CO)C(O)CCCCCCCCCCCCCCCC. The van der Waals surface area contributed by atoms with Gasteiger partial charge in [0.25, 0.3) is 0 Å². The molecule has 0 saturated heterocycles. The van der Waals surface area contributed by atoms with Crippen LogP contribution in [0.1, 0.15) is 271 Å². The van der Waals surface area contributed by atoms with Crippen LogP contribution in [0.5, 0.6) is 0 Å². The predicted molar refractivity (Wildman–Crippen MR) is 296 cm³/mol. The fourth-order valence-corrected chi connectivity index (χ4v) is 8.39. The summed E-state index contributed by atoms with van der Waals surface area (Å²) in [6.45, 7) is 6.42. The number of allylic oxidation sites excluding steroid dienone is 14. The number of rotatable bonds is 51. The zero-order chi connectivity index (χ0) is 49.5. The molecule has 0 aliphatic heterocycles. The highest BCUT2D eigenvalue weighted by molar-refractivity contribution is 5.77. The molecule has 6 heteroatoms. The lowest BCUT2D eigenvalue weighted by molar-refractivity contribution is -0.151. The Balaban J connectivity index is 4.67. The maximum Gasteiger partial charge on any atom is 0.306 e. The molecule has 0 saturated carbocycles. The molecule has 3 unspecified atom stereocenters. The molecule has 3 N–H and O–H groups in total. The second-order valence-electron chi connectivity index (χ2n) is 19.4. The van der Waals surface area contributed by atoms with Crippen LogP contribution < -0.4 is 5.32 Å². The van der Waals surface area contributed by atoms with E-state index >= 15 is 0 Å². The third kappa shape index (κ3) is 49.5. The lowest BCUT2D eigenvalue weighted by atomic mass is 10.0. The van der Waals surface area contributed by atoms with E-state index in [1.165, 1.54) is 135 Å². The summed E-state index contributed by atoms with van der Waals surface area (Å²) in [5.41, 5.74) is 0. The fourth-order valence-electron chi connectivity index (χ4n) is 8.39. The quantitative estimate of drug-likeness (QED) is 0.0244. The summed E-state index contributed by atoms with van der Waals surface area (Å²) in [6, 6.07) is -0.722. The number of carbonyl (C=O) groups excluding carboxylic acids is 2. The molecule has 3 atom stereocenters. The third-order valence-electron chi connectivity index (χ3n) is 12.8. The molecular formula is C62H109NO5. The van der Waals surface area contributed by atoms with Gasteiger partial charge >= 0.3 is 5.97 Å². The van der Waals surface area contributed by atoms with Crippen molar-refractivity contribution in [2.24, 2.45) is 0 Å². The summed E-state index contributed by atoms with van der Waals surface area (Å²) >= 11 is 0. The van der Waals surface area contributed by atoms with Gasteiger partial charge in [-0.2, -0.15) is 0 Å². The van der Waals surface area contributed by atoms with Crippen molar-refractivity contribution in [3.8, 4) is 0 Å². The van der Waals surface area contributed by atoms with E-state index in [4.69, 9.17) is 4.74 Å². The van der Waals surface area contributed by atoms with E-state index in [1.807, 2.05) is 6.08 Å². The van der Waals surface area contributed by atoms with Gasteiger partial charge in [0.15, 0.2) is 0 Å². The van der Waals surface area contributed by atoms with E-state index in [0.717, 1.165) is 89.9 Å². The van der Waals surface area contributed by atoms with Crippen molar-refractivity contribution in [2.75, 3.05) is 6.61 Å². The number of nitrogens with one attached hydrogen (secondary N) is 1. The van der Waals surface area contributed by atoms with Gasteiger partial charge in [-0.05, 0) is 89.9 Å². The Bertz CT molecular complexity index is 1290. The first-order valence-electron chi connectivity index (χ1n) is 28.9. The Hall–Kier alpha value is -2.96. The van der Waals surface area contributed by atoms with Gasteiger partial charge in [0.1, 0.15) is 6.10 Å². The summed E-state index contributed by atoms with van der Waals surface area (Å²) in [4.78, 5) is 26.3. The number of aliphatic hydroxyl groups is 2. The monoisotopic (exact) mass is 948 g/mol. The van der Waals surface area contributed by atoms with Crippen molar-refractivity contribution < 1.29 is 24.5 Å². The van der Waals surface area contributed by atoms with E-state index in [9.17, 15) is 19.8 Å². The van der Waals surface area contributed by atoms with Gasteiger partial charge in [-0.1, -0.05) is 254 Å². The normalized spacial score (nSPS) is 13.8. The van der Waals surface area contributed by atoms with Gasteiger partial charge in [-0.15, -0.1) is 0 Å². The van der Waals surface area contributed by atoms with Crippen LogP contribution in [0.2, 0.25) is 0 Å². The summed E-state index contributed by atoms with van der Waals surface area (Å²) in [5.74, 6) is -0.526. The standard InChI is InChI=1S/C62H109NO5/c1-4-7-10-13-16-19-22-25-28-30-31-32-34-37-40-43-46-49-52-55-62(67)68-58(53-50-47-44-41-38-35-33-29-26-23-20-17-14-11-8-5-2)56-61(66)63-59(57-64)60(65)54-51-48-45-42-39-36-27-24-21-18-15-12-9-6-3/h16-17,19-20,23,25-26,28-29,31-33,35,38,58-60,64-65H,4-15,18,21-22,24,27,30,34,36-37,39-57H2,1-3H3,(H,63,66)/b19-16-,20-17+,26-23+,28-25-,32-31-,33-29+,38-35+. The highest BCUT2D eigenvalue weighted by atomic mass is 16.5. The van der Waals surface area contributed by atoms with E-state index in [2.05, 4.69) is 105 Å². The molecule has 0 bridgehead atoms. The molecule has 0 spiro atoms. The first-order chi connectivity index (χ1) is 33.5. The first kappa shape index (κ1) is 65.0. The largest absolute Gasteiger partial charge is 0.462 e. The van der Waals surface area contributed by atoms with Crippen LogP contribution in [-0.4, -0.2) is 46.9 Å². The summed E-state index contributed by atoms with van der Waals surface area (Å²) in [7, 11) is 0. The number of ether oxygens (including phenoxy) is 1. The Labute approximate surface area is 421 Å². The summed E-state index contributed by atoms with van der Waals surface area (Å²) < 4.78 is 5.94. The smallest absolute Gasteiger partial charge is 0.306 e. The predicted octanol–water partition coefficient (Wildman–Crippen LogP) is 17.9. The van der Waals surface area contributed by atoms with Crippen molar-refractivity contribution in [3.05, 3.63) is 85.1 Å². The number of amides is 1. The van der Waals surface area contributed by atoms with Crippen molar-refractivity contribution in [1.29, 1.82) is 0 Å². The third-order valence-corrected chi connectivity index (χ3v) is 12.8. The highest BCUT2D eigenvalue weighted by Crippen LogP contribution is 2.18. The maximum atomic E-state index is 13.3. The van der Waals surface area contributed by atoms with Crippen LogP contribution in [0.25, 0.3) is 0 Å². The Morgan fingerprint density at radius 1 is 0.441 bits per heavy atom. The lowest BCUT2D eigenvalue weighted by Crippen LogP contribution is -2.46. The lowest BCUT2D eigenvalue weighted by Gasteiger charge is -2.24. The number of unbranched alkanes of at least 4 members (excludes halogenated alkanes) is 28. The van der Waals surface area contributed by atoms with E-state index in [0.29, 0.717) is 19.3 Å². The number of aliphatic hydroxyl groups excluding tert-OH is 2. The van der Waals surface area contributed by atoms with Gasteiger partial charge in [0.2, 0.25) is 5.91 Å². The topological polar surface area (TPSA) is 95.9 Å². The average molecular weight is 949 g/mol.